The van der Waals surface area contributed by atoms with Crippen molar-refractivity contribution >= 4 is 23.2 Å². The van der Waals surface area contributed by atoms with Gasteiger partial charge in [0.2, 0.25) is 0 Å². The Morgan fingerprint density at radius 2 is 1.67 bits per heavy atom. The molecule has 0 saturated heterocycles. The van der Waals surface area contributed by atoms with Crippen molar-refractivity contribution in [3.05, 3.63) is 113 Å². The highest BCUT2D eigenvalue weighted by Crippen LogP contribution is 2.46. The average Bonchev–Trinajstić information content (AvgIpc) is 3.00. The summed E-state index contributed by atoms with van der Waals surface area (Å²) < 4.78 is 67.2. The first-order valence-corrected chi connectivity index (χ1v) is 12.9. The van der Waals surface area contributed by atoms with Crippen LogP contribution in [-0.2, 0) is 22.3 Å². The van der Waals surface area contributed by atoms with Crippen LogP contribution in [0.4, 0.5) is 28.9 Å². The summed E-state index contributed by atoms with van der Waals surface area (Å²) in [6, 6.07) is 20.6. The Kier molecular flexibility index (Phi) is 8.00. The van der Waals surface area contributed by atoms with Gasteiger partial charge >= 0.3 is 12.1 Å². The van der Waals surface area contributed by atoms with Gasteiger partial charge in [-0.3, -0.25) is 4.79 Å². The van der Waals surface area contributed by atoms with Crippen molar-refractivity contribution in [1.29, 1.82) is 0 Å². The predicted octanol–water partition coefficient (Wildman–Crippen LogP) is 7.22. The van der Waals surface area contributed by atoms with Crippen LogP contribution in [0, 0.1) is 5.82 Å². The number of nitrogens with zero attached hydrogens (tertiary/aromatic N) is 2. The lowest BCUT2D eigenvalue weighted by Crippen LogP contribution is -2.39. The van der Waals surface area contributed by atoms with Gasteiger partial charge in [0.25, 0.3) is 0 Å². The summed E-state index contributed by atoms with van der Waals surface area (Å²) in [6.07, 6.45) is -4.98. The smallest absolute Gasteiger partial charge is 0.416 e. The fourth-order valence-electron chi connectivity index (χ4n) is 5.09. The quantitative estimate of drug-likeness (QED) is 0.185. The third-order valence-electron chi connectivity index (χ3n) is 7.13. The van der Waals surface area contributed by atoms with E-state index in [9.17, 15) is 23.1 Å². The van der Waals surface area contributed by atoms with Gasteiger partial charge in [-0.15, -0.1) is 0 Å². The monoisotopic (exact) mass is 578 g/mol. The number of rotatable bonds is 7. The Morgan fingerprint density at radius 1 is 0.952 bits per heavy atom. The molecule has 0 amide bonds. The maximum absolute atomic E-state index is 15.2. The number of alkyl halides is 3. The number of hydrogen-bond acceptors (Lipinski definition) is 6. The van der Waals surface area contributed by atoms with E-state index in [2.05, 4.69) is 4.99 Å². The number of aliphatic hydroxyl groups excluding tert-OH is 1. The number of esters is 1. The molecule has 1 unspecified atom stereocenters. The molecule has 0 saturated carbocycles. The zero-order chi connectivity index (χ0) is 30.0. The molecule has 1 N–H and O–H groups in total. The molecule has 6 nitrogen and oxygen atoms in total. The third-order valence-corrected chi connectivity index (χ3v) is 7.13. The van der Waals surface area contributed by atoms with Crippen LogP contribution in [0.1, 0.15) is 34.7 Å². The predicted molar refractivity (Wildman–Crippen MR) is 150 cm³/mol. The lowest BCUT2D eigenvalue weighted by atomic mass is 9.94. The normalized spacial score (nSPS) is 14.7. The second-order valence-electron chi connectivity index (χ2n) is 9.56. The number of methoxy groups -OCH3 is 2. The van der Waals surface area contributed by atoms with E-state index in [4.69, 9.17) is 9.47 Å². The lowest BCUT2D eigenvalue weighted by molar-refractivity contribution is -0.141. The number of anilines is 1. The van der Waals surface area contributed by atoms with Crippen molar-refractivity contribution in [2.75, 3.05) is 19.1 Å². The van der Waals surface area contributed by atoms with Crippen molar-refractivity contribution in [1.82, 2.24) is 0 Å². The fraction of sp³-hybridized carbons (Fsp3) is 0.188. The minimum Gasteiger partial charge on any atom is -0.495 e. The molecule has 0 aliphatic carbocycles. The molecule has 1 heterocycles. The van der Waals surface area contributed by atoms with E-state index in [0.29, 0.717) is 16.7 Å². The number of ether oxygens (including phenoxy) is 2. The molecule has 1 aliphatic heterocycles. The summed E-state index contributed by atoms with van der Waals surface area (Å²) in [5.41, 5.74) is 2.07. The number of aliphatic imine (C=N–C) groups is 1. The van der Waals surface area contributed by atoms with Gasteiger partial charge in [-0.05, 0) is 41.0 Å². The molecular weight excluding hydrogens is 552 g/mol. The van der Waals surface area contributed by atoms with E-state index in [-0.39, 0.29) is 36.0 Å². The largest absolute Gasteiger partial charge is 0.495 e. The number of carbonyl (C=O) groups is 1. The average molecular weight is 579 g/mol. The SMILES string of the molecule is COC(=O)CC1c2cccc(F)c2N=C(c2ccc(-c3ccccc3CO)cc2)N1c1cc(C(F)(F)F)ccc1OC. The van der Waals surface area contributed by atoms with Gasteiger partial charge in [0.1, 0.15) is 23.1 Å². The molecule has 4 aromatic carbocycles. The van der Waals surface area contributed by atoms with Gasteiger partial charge in [-0.1, -0.05) is 60.7 Å². The standard InChI is InChI=1S/C32H26F4N2O4/c1-41-28-15-14-22(32(34,35)36)16-27(28)38-26(17-29(40)42-2)24-8-5-9-25(33)30(24)37-31(38)20-12-10-19(11-13-20)23-7-4-3-6-21(23)18-39/h3-16,26,39H,17-18H2,1-2H3. The Labute approximate surface area is 239 Å². The van der Waals surface area contributed by atoms with Crippen LogP contribution in [0.15, 0.2) is 89.9 Å². The highest BCUT2D eigenvalue weighted by molar-refractivity contribution is 6.14. The van der Waals surface area contributed by atoms with Crippen LogP contribution in [-0.4, -0.2) is 31.1 Å². The first kappa shape index (κ1) is 28.8. The molecule has 0 spiro atoms. The Hall–Kier alpha value is -4.70. The first-order chi connectivity index (χ1) is 20.2. The maximum atomic E-state index is 15.2. The number of aliphatic hydroxyl groups is 1. The summed E-state index contributed by atoms with van der Waals surface area (Å²) in [5.74, 6) is -1.09. The molecule has 0 aromatic heterocycles. The van der Waals surface area contributed by atoms with Crippen LogP contribution in [0.2, 0.25) is 0 Å². The molecule has 1 aliphatic rings. The second kappa shape index (κ2) is 11.7. The van der Waals surface area contributed by atoms with Gasteiger partial charge < -0.3 is 19.5 Å². The number of amidine groups is 1. The molecule has 4 aromatic rings. The first-order valence-electron chi connectivity index (χ1n) is 12.9. The van der Waals surface area contributed by atoms with E-state index < -0.39 is 29.6 Å². The van der Waals surface area contributed by atoms with Crippen LogP contribution >= 0.6 is 0 Å². The highest BCUT2D eigenvalue weighted by atomic mass is 19.4. The van der Waals surface area contributed by atoms with Crippen molar-refractivity contribution in [3.8, 4) is 16.9 Å². The van der Waals surface area contributed by atoms with E-state index in [0.717, 1.165) is 23.3 Å². The van der Waals surface area contributed by atoms with Crippen LogP contribution in [0.5, 0.6) is 5.75 Å². The Morgan fingerprint density at radius 3 is 2.33 bits per heavy atom. The van der Waals surface area contributed by atoms with Crippen LogP contribution < -0.4 is 9.64 Å². The van der Waals surface area contributed by atoms with Crippen molar-refractivity contribution in [2.45, 2.75) is 25.2 Å². The molecule has 216 valence electrons. The molecule has 10 heteroatoms. The zero-order valence-corrected chi connectivity index (χ0v) is 22.7. The molecule has 0 fully saturated rings. The fourth-order valence-corrected chi connectivity index (χ4v) is 5.09. The summed E-state index contributed by atoms with van der Waals surface area (Å²) in [7, 11) is 2.52. The summed E-state index contributed by atoms with van der Waals surface area (Å²) in [6.45, 7) is -0.168. The minimum absolute atomic E-state index is 0.00964. The zero-order valence-electron chi connectivity index (χ0n) is 22.7. The van der Waals surface area contributed by atoms with Crippen LogP contribution in [0.3, 0.4) is 0 Å². The number of benzene rings is 4. The number of para-hydroxylation sites is 1. The van der Waals surface area contributed by atoms with E-state index in [1.165, 1.54) is 37.3 Å². The van der Waals surface area contributed by atoms with Gasteiger partial charge in [0, 0.05) is 11.1 Å². The summed E-state index contributed by atoms with van der Waals surface area (Å²) in [5, 5.41) is 9.78. The molecule has 1 atom stereocenters. The minimum atomic E-state index is -4.67. The van der Waals surface area contributed by atoms with Gasteiger partial charge in [0.05, 0.1) is 44.5 Å². The summed E-state index contributed by atoms with van der Waals surface area (Å²) in [4.78, 5) is 18.7. The topological polar surface area (TPSA) is 71.4 Å². The number of fused-ring (bicyclic) bond motifs is 1. The Balaban J connectivity index is 1.74. The van der Waals surface area contributed by atoms with E-state index >= 15 is 4.39 Å². The maximum Gasteiger partial charge on any atom is 0.416 e. The molecule has 42 heavy (non-hydrogen) atoms. The lowest BCUT2D eigenvalue weighted by Gasteiger charge is -2.39. The van der Waals surface area contributed by atoms with Gasteiger partial charge in [0.15, 0.2) is 0 Å². The summed E-state index contributed by atoms with van der Waals surface area (Å²) >= 11 is 0. The van der Waals surface area contributed by atoms with Gasteiger partial charge in [-0.2, -0.15) is 13.2 Å². The van der Waals surface area contributed by atoms with Crippen molar-refractivity contribution in [2.24, 2.45) is 4.99 Å². The molecule has 0 bridgehead atoms. The van der Waals surface area contributed by atoms with E-state index in [1.807, 2.05) is 18.2 Å². The van der Waals surface area contributed by atoms with E-state index in [1.54, 1.807) is 36.4 Å². The van der Waals surface area contributed by atoms with Crippen molar-refractivity contribution in [3.63, 3.8) is 0 Å². The van der Waals surface area contributed by atoms with Gasteiger partial charge in [-0.25, -0.2) is 9.38 Å². The molecule has 5 rings (SSSR count). The number of hydrogen-bond donors (Lipinski definition) is 1. The third kappa shape index (κ3) is 5.45. The Bertz CT molecular complexity index is 1650. The van der Waals surface area contributed by atoms with Crippen molar-refractivity contribution < 1.29 is 36.9 Å². The number of halogens is 4. The highest BCUT2D eigenvalue weighted by Gasteiger charge is 2.38. The van der Waals surface area contributed by atoms with Crippen LogP contribution in [0.25, 0.3) is 11.1 Å². The molecule has 0 radical (unpaired) electrons. The second-order valence-corrected chi connectivity index (χ2v) is 9.56. The molecular formula is C32H26F4N2O4. The number of carbonyl (C=O) groups excluding carboxylic acids is 1.